The number of hydrogen-bond donors (Lipinski definition) is 1. The highest BCUT2D eigenvalue weighted by Gasteiger charge is 2.24. The fraction of sp³-hybridized carbons (Fsp3) is 0.556. The molecule has 4 nitrogen and oxygen atoms in total. The molecule has 4 heteroatoms. The summed E-state index contributed by atoms with van der Waals surface area (Å²) < 4.78 is 2.29. The molecule has 1 atom stereocenters. The third-order valence-corrected chi connectivity index (χ3v) is 5.19. The van der Waals surface area contributed by atoms with Gasteiger partial charge in [0.2, 0.25) is 0 Å². The zero-order chi connectivity index (χ0) is 14.8. The number of nitrogens with one attached hydrogen (secondary N) is 1. The molecule has 1 N–H and O–H groups in total. The van der Waals surface area contributed by atoms with Gasteiger partial charge in [-0.05, 0) is 24.3 Å². The first kappa shape index (κ1) is 13.9. The first-order valence-corrected chi connectivity index (χ1v) is 8.59. The van der Waals surface area contributed by atoms with Crippen LogP contribution < -0.4 is 5.32 Å². The van der Waals surface area contributed by atoms with Gasteiger partial charge in [-0.2, -0.15) is 0 Å². The largest absolute Gasteiger partial charge is 0.314 e. The lowest BCUT2D eigenvalue weighted by atomic mass is 9.79. The molecule has 0 radical (unpaired) electrons. The lowest BCUT2D eigenvalue weighted by Gasteiger charge is -2.30. The third kappa shape index (κ3) is 2.80. The Kier molecular flexibility index (Phi) is 3.94. The second-order valence-electron chi connectivity index (χ2n) is 6.66. The molecule has 1 fully saturated rings. The maximum absolute atomic E-state index is 4.37. The Bertz CT molecular complexity index is 615. The molecule has 1 aromatic heterocycles. The highest BCUT2D eigenvalue weighted by atomic mass is 15.3. The molecule has 1 aliphatic heterocycles. The summed E-state index contributed by atoms with van der Waals surface area (Å²) in [5.41, 5.74) is 1.40. The van der Waals surface area contributed by atoms with Gasteiger partial charge in [0, 0.05) is 19.0 Å². The first-order valence-electron chi connectivity index (χ1n) is 8.59. The van der Waals surface area contributed by atoms with Crippen molar-refractivity contribution in [2.45, 2.75) is 57.7 Å². The van der Waals surface area contributed by atoms with Crippen molar-refractivity contribution in [3.05, 3.63) is 47.5 Å². The van der Waals surface area contributed by atoms with Crippen molar-refractivity contribution in [2.75, 3.05) is 0 Å². The number of aromatic nitrogens is 3. The van der Waals surface area contributed by atoms with Crippen LogP contribution in [0.25, 0.3) is 0 Å². The van der Waals surface area contributed by atoms with E-state index in [0.29, 0.717) is 6.04 Å². The number of fused-ring (bicyclic) bond motifs is 1. The van der Waals surface area contributed by atoms with Crippen LogP contribution in [0, 0.1) is 5.92 Å². The fourth-order valence-electron chi connectivity index (χ4n) is 3.64. The quantitative estimate of drug-likeness (QED) is 0.890. The third-order valence-electron chi connectivity index (χ3n) is 5.19. The van der Waals surface area contributed by atoms with Crippen LogP contribution >= 0.6 is 0 Å². The van der Waals surface area contributed by atoms with Gasteiger partial charge < -0.3 is 9.88 Å². The van der Waals surface area contributed by atoms with Crippen LogP contribution in [0.2, 0.25) is 0 Å². The lowest BCUT2D eigenvalue weighted by molar-refractivity contribution is 0.259. The van der Waals surface area contributed by atoms with E-state index in [4.69, 9.17) is 0 Å². The van der Waals surface area contributed by atoms with Gasteiger partial charge in [-0.3, -0.25) is 0 Å². The van der Waals surface area contributed by atoms with Crippen LogP contribution in [0.5, 0.6) is 0 Å². The lowest BCUT2D eigenvalue weighted by Crippen LogP contribution is -2.27. The minimum atomic E-state index is 0.431. The zero-order valence-electron chi connectivity index (χ0n) is 13.0. The van der Waals surface area contributed by atoms with E-state index >= 15 is 0 Å². The van der Waals surface area contributed by atoms with E-state index in [1.807, 2.05) is 0 Å². The fourth-order valence-corrected chi connectivity index (χ4v) is 3.64. The molecule has 0 unspecified atom stereocenters. The molecule has 1 aromatic carbocycles. The van der Waals surface area contributed by atoms with Crippen LogP contribution in [-0.4, -0.2) is 14.8 Å². The Hall–Kier alpha value is -1.68. The summed E-state index contributed by atoms with van der Waals surface area (Å²) in [7, 11) is 0. The van der Waals surface area contributed by atoms with Gasteiger partial charge in [0.05, 0.1) is 6.54 Å². The second kappa shape index (κ2) is 6.21. The molecule has 1 aliphatic carbocycles. The molecule has 0 spiro atoms. The predicted octanol–water partition coefficient (Wildman–Crippen LogP) is 3.25. The van der Waals surface area contributed by atoms with Crippen molar-refractivity contribution in [3.63, 3.8) is 0 Å². The molecule has 0 bridgehead atoms. The van der Waals surface area contributed by atoms with E-state index in [2.05, 4.69) is 50.4 Å². The Morgan fingerprint density at radius 1 is 1.14 bits per heavy atom. The van der Waals surface area contributed by atoms with Crippen molar-refractivity contribution < 1.29 is 0 Å². The van der Waals surface area contributed by atoms with Crippen LogP contribution in [0.15, 0.2) is 30.3 Å². The Morgan fingerprint density at radius 3 is 2.77 bits per heavy atom. The molecule has 0 saturated heterocycles. The SMILES string of the molecule is c1ccc([C@H](CC2CCC2)NCc2nnc3n2CCC3)cc1. The molecule has 4 rings (SSSR count). The first-order chi connectivity index (χ1) is 10.9. The Labute approximate surface area is 132 Å². The summed E-state index contributed by atoms with van der Waals surface area (Å²) in [6, 6.07) is 11.3. The van der Waals surface area contributed by atoms with Gasteiger partial charge in [0.1, 0.15) is 11.6 Å². The van der Waals surface area contributed by atoms with Crippen molar-refractivity contribution in [3.8, 4) is 0 Å². The standard InChI is InChI=1S/C18H24N4/c1-2-8-15(9-3-1)16(12-14-6-4-7-14)19-13-18-21-20-17-10-5-11-22(17)18/h1-3,8-9,14,16,19H,4-7,10-13H2/t16-/m0/s1. The van der Waals surface area contributed by atoms with E-state index in [1.165, 1.54) is 37.7 Å². The average molecular weight is 296 g/mol. The van der Waals surface area contributed by atoms with Crippen LogP contribution in [0.3, 0.4) is 0 Å². The number of aryl methyl sites for hydroxylation is 1. The van der Waals surface area contributed by atoms with Crippen LogP contribution in [0.1, 0.15) is 55.4 Å². The molecule has 1 saturated carbocycles. The topological polar surface area (TPSA) is 42.7 Å². The van der Waals surface area contributed by atoms with Gasteiger partial charge in [0.25, 0.3) is 0 Å². The summed E-state index contributed by atoms with van der Waals surface area (Å²) in [5, 5.41) is 12.4. The summed E-state index contributed by atoms with van der Waals surface area (Å²) >= 11 is 0. The highest BCUT2D eigenvalue weighted by molar-refractivity contribution is 5.19. The highest BCUT2D eigenvalue weighted by Crippen LogP contribution is 2.34. The van der Waals surface area contributed by atoms with Crippen molar-refractivity contribution >= 4 is 0 Å². The average Bonchev–Trinajstić information content (AvgIpc) is 3.10. The Morgan fingerprint density at radius 2 is 2.00 bits per heavy atom. The summed E-state index contributed by atoms with van der Waals surface area (Å²) in [6.07, 6.45) is 7.73. The summed E-state index contributed by atoms with van der Waals surface area (Å²) in [4.78, 5) is 0. The maximum Gasteiger partial charge on any atom is 0.147 e. The smallest absolute Gasteiger partial charge is 0.147 e. The monoisotopic (exact) mass is 296 g/mol. The Balaban J connectivity index is 1.46. The van der Waals surface area contributed by atoms with Crippen molar-refractivity contribution in [2.24, 2.45) is 5.92 Å². The molecular formula is C18H24N4. The number of rotatable bonds is 6. The van der Waals surface area contributed by atoms with Crippen LogP contribution in [-0.2, 0) is 19.5 Å². The minimum Gasteiger partial charge on any atom is -0.314 e. The molecule has 0 amide bonds. The number of hydrogen-bond acceptors (Lipinski definition) is 3. The molecular weight excluding hydrogens is 272 g/mol. The number of benzene rings is 1. The zero-order valence-corrected chi connectivity index (χ0v) is 13.0. The van der Waals surface area contributed by atoms with E-state index in [0.717, 1.165) is 37.1 Å². The van der Waals surface area contributed by atoms with Gasteiger partial charge >= 0.3 is 0 Å². The van der Waals surface area contributed by atoms with E-state index < -0.39 is 0 Å². The second-order valence-corrected chi connectivity index (χ2v) is 6.66. The van der Waals surface area contributed by atoms with Crippen molar-refractivity contribution in [1.29, 1.82) is 0 Å². The van der Waals surface area contributed by atoms with Gasteiger partial charge in [-0.1, -0.05) is 49.6 Å². The van der Waals surface area contributed by atoms with Gasteiger partial charge in [-0.25, -0.2) is 0 Å². The molecule has 22 heavy (non-hydrogen) atoms. The molecule has 2 aliphatic rings. The molecule has 116 valence electrons. The van der Waals surface area contributed by atoms with E-state index in [-0.39, 0.29) is 0 Å². The van der Waals surface area contributed by atoms with E-state index in [1.54, 1.807) is 0 Å². The van der Waals surface area contributed by atoms with Gasteiger partial charge in [0.15, 0.2) is 0 Å². The van der Waals surface area contributed by atoms with Crippen molar-refractivity contribution in [1.82, 2.24) is 20.1 Å². The molecule has 2 aromatic rings. The normalized spacial score (nSPS) is 18.9. The predicted molar refractivity (Wildman–Crippen MR) is 86.3 cm³/mol. The van der Waals surface area contributed by atoms with E-state index in [9.17, 15) is 0 Å². The molecule has 2 heterocycles. The maximum atomic E-state index is 4.37. The minimum absolute atomic E-state index is 0.431. The summed E-state index contributed by atoms with van der Waals surface area (Å²) in [6.45, 7) is 1.90. The summed E-state index contributed by atoms with van der Waals surface area (Å²) in [5.74, 6) is 3.15. The van der Waals surface area contributed by atoms with Crippen LogP contribution in [0.4, 0.5) is 0 Å². The number of nitrogens with zero attached hydrogens (tertiary/aromatic N) is 3. The van der Waals surface area contributed by atoms with Gasteiger partial charge in [-0.15, -0.1) is 10.2 Å².